The molecule has 0 saturated heterocycles. The van der Waals surface area contributed by atoms with Gasteiger partial charge in [-0.3, -0.25) is 0 Å². The van der Waals surface area contributed by atoms with E-state index >= 15 is 0 Å². The second kappa shape index (κ2) is 5.75. The van der Waals surface area contributed by atoms with Gasteiger partial charge >= 0.3 is 0 Å². The van der Waals surface area contributed by atoms with Gasteiger partial charge in [0.2, 0.25) is 0 Å². The molecular weight excluding hydrogens is 256 g/mol. The lowest BCUT2D eigenvalue weighted by atomic mass is 10.2. The lowest BCUT2D eigenvalue weighted by Gasteiger charge is -1.99. The average molecular weight is 261 g/mol. The summed E-state index contributed by atoms with van der Waals surface area (Å²) < 4.78 is 0. The first-order valence-corrected chi connectivity index (χ1v) is 4.93. The predicted molar refractivity (Wildman–Crippen MR) is 62.4 cm³/mol. The maximum absolute atomic E-state index is 8.02. The van der Waals surface area contributed by atoms with Crippen LogP contribution in [0.15, 0.2) is 17.2 Å². The summed E-state index contributed by atoms with van der Waals surface area (Å²) in [5.74, 6) is 5.36. The summed E-state index contributed by atoms with van der Waals surface area (Å²) in [5, 5.41) is 4.44. The molecule has 1 aromatic carbocycles. The average Bonchev–Trinajstić information content (AvgIpc) is 2.20. The highest BCUT2D eigenvalue weighted by Gasteiger charge is 2.03. The normalized spacial score (nSPS) is 8.73. The molecule has 0 spiro atoms. The van der Waals surface area contributed by atoms with Crippen LogP contribution in [0.2, 0.25) is 15.1 Å². The van der Waals surface area contributed by atoms with E-state index in [9.17, 15) is 0 Å². The number of hydrogen-bond acceptors (Lipinski definition) is 1. The van der Waals surface area contributed by atoms with Crippen LogP contribution < -0.4 is 0 Å². The predicted octanol–water partition coefficient (Wildman–Crippen LogP) is 4.31. The second-order valence-electron chi connectivity index (χ2n) is 2.44. The summed E-state index contributed by atoms with van der Waals surface area (Å²) in [4.78, 5) is 2.56. The summed E-state index contributed by atoms with van der Waals surface area (Å²) in [5.41, 5.74) is 8.58. The quantitative estimate of drug-likeness (QED) is 0.237. The van der Waals surface area contributed by atoms with Crippen molar-refractivity contribution in [1.29, 1.82) is 0 Å². The second-order valence-corrected chi connectivity index (χ2v) is 3.66. The van der Waals surface area contributed by atoms with Gasteiger partial charge in [-0.05, 0) is 17.7 Å². The van der Waals surface area contributed by atoms with Crippen LogP contribution in [-0.4, -0.2) is 6.54 Å². The van der Waals surface area contributed by atoms with E-state index in [1.165, 1.54) is 6.07 Å². The van der Waals surface area contributed by atoms with Gasteiger partial charge in [-0.1, -0.05) is 51.8 Å². The molecule has 0 atom stereocenters. The molecule has 0 unspecified atom stereocenters. The van der Waals surface area contributed by atoms with Crippen molar-refractivity contribution in [3.8, 4) is 11.8 Å². The Hall–Kier alpha value is -1.04. The van der Waals surface area contributed by atoms with E-state index in [2.05, 4.69) is 21.9 Å². The molecule has 6 heteroatoms. The molecule has 1 aromatic rings. The summed E-state index contributed by atoms with van der Waals surface area (Å²) >= 11 is 17.4. The maximum Gasteiger partial charge on any atom is 0.0880 e. The molecule has 0 aliphatic rings. The molecule has 0 heterocycles. The Morgan fingerprint density at radius 3 is 2.53 bits per heavy atom. The molecule has 0 aliphatic heterocycles. The highest BCUT2D eigenvalue weighted by Crippen LogP contribution is 2.28. The molecule has 76 valence electrons. The molecule has 3 nitrogen and oxygen atoms in total. The number of azide groups is 1. The largest absolute Gasteiger partial charge is 0.0918 e. The highest BCUT2D eigenvalue weighted by atomic mass is 35.5. The molecule has 0 saturated carbocycles. The van der Waals surface area contributed by atoms with Crippen molar-refractivity contribution in [3.63, 3.8) is 0 Å². The molecule has 1 rings (SSSR count). The van der Waals surface area contributed by atoms with Gasteiger partial charge in [-0.15, -0.1) is 0 Å². The topological polar surface area (TPSA) is 48.8 Å². The first-order valence-electron chi connectivity index (χ1n) is 3.79. The zero-order chi connectivity index (χ0) is 11.3. The third kappa shape index (κ3) is 3.54. The van der Waals surface area contributed by atoms with E-state index in [0.29, 0.717) is 20.6 Å². The number of benzene rings is 1. The van der Waals surface area contributed by atoms with E-state index in [1.54, 1.807) is 6.07 Å². The summed E-state index contributed by atoms with van der Waals surface area (Å²) in [6, 6.07) is 3.08. The van der Waals surface area contributed by atoms with Gasteiger partial charge in [0.25, 0.3) is 0 Å². The minimum absolute atomic E-state index is 0.0904. The van der Waals surface area contributed by atoms with Crippen molar-refractivity contribution in [2.75, 3.05) is 6.54 Å². The first kappa shape index (κ1) is 12.0. The van der Waals surface area contributed by atoms with Gasteiger partial charge in [0.05, 0.1) is 21.6 Å². The van der Waals surface area contributed by atoms with Crippen molar-refractivity contribution < 1.29 is 0 Å². The third-order valence-electron chi connectivity index (χ3n) is 1.45. The van der Waals surface area contributed by atoms with Crippen LogP contribution in [0.4, 0.5) is 0 Å². The molecule has 0 aliphatic carbocycles. The Balaban J connectivity index is 2.98. The van der Waals surface area contributed by atoms with Crippen LogP contribution in [0.5, 0.6) is 0 Å². The smallest absolute Gasteiger partial charge is 0.0880 e. The molecule has 0 aromatic heterocycles. The van der Waals surface area contributed by atoms with Crippen LogP contribution in [0, 0.1) is 11.8 Å². The Bertz CT molecular complexity index is 481. The van der Waals surface area contributed by atoms with Crippen molar-refractivity contribution in [3.05, 3.63) is 43.2 Å². The first-order chi connectivity index (χ1) is 7.15. The Labute approximate surface area is 102 Å². The minimum atomic E-state index is 0.0904. The van der Waals surface area contributed by atoms with Crippen LogP contribution in [0.1, 0.15) is 5.56 Å². The number of rotatable bonds is 1. The fraction of sp³-hybridized carbons (Fsp3) is 0.111. The van der Waals surface area contributed by atoms with Crippen LogP contribution in [-0.2, 0) is 0 Å². The van der Waals surface area contributed by atoms with Gasteiger partial charge in [0.1, 0.15) is 0 Å². The zero-order valence-electron chi connectivity index (χ0n) is 7.34. The lowest BCUT2D eigenvalue weighted by Crippen LogP contribution is -1.79. The zero-order valence-corrected chi connectivity index (χ0v) is 9.61. The molecule has 0 N–H and O–H groups in total. The number of nitrogens with zero attached hydrogens (tertiary/aromatic N) is 3. The SMILES string of the molecule is [N-]=[N+]=NCC#Cc1cc(Cl)c(Cl)cc1Cl. The van der Waals surface area contributed by atoms with Crippen LogP contribution in [0.3, 0.4) is 0 Å². The third-order valence-corrected chi connectivity index (χ3v) is 2.48. The molecule has 15 heavy (non-hydrogen) atoms. The van der Waals surface area contributed by atoms with E-state index in [4.69, 9.17) is 40.3 Å². The number of hydrogen-bond donors (Lipinski definition) is 0. The van der Waals surface area contributed by atoms with Crippen molar-refractivity contribution >= 4 is 34.8 Å². The summed E-state index contributed by atoms with van der Waals surface area (Å²) in [6.07, 6.45) is 0. The molecule has 0 radical (unpaired) electrons. The van der Waals surface area contributed by atoms with Crippen molar-refractivity contribution in [2.24, 2.45) is 5.11 Å². The fourth-order valence-electron chi connectivity index (χ4n) is 0.820. The van der Waals surface area contributed by atoms with Gasteiger partial charge in [-0.2, -0.15) is 0 Å². The minimum Gasteiger partial charge on any atom is -0.0918 e. The molecular formula is C9H4Cl3N3. The van der Waals surface area contributed by atoms with E-state index in [-0.39, 0.29) is 6.54 Å². The van der Waals surface area contributed by atoms with E-state index < -0.39 is 0 Å². The monoisotopic (exact) mass is 259 g/mol. The van der Waals surface area contributed by atoms with Gasteiger partial charge < -0.3 is 0 Å². The Morgan fingerprint density at radius 1 is 1.20 bits per heavy atom. The number of halogens is 3. The standard InChI is InChI=1S/C9H4Cl3N3/c10-7-5-9(12)8(11)4-6(7)2-1-3-14-15-13/h4-5H,3H2. The Morgan fingerprint density at radius 2 is 1.87 bits per heavy atom. The molecule has 0 bridgehead atoms. The van der Waals surface area contributed by atoms with Gasteiger partial charge in [-0.25, -0.2) is 0 Å². The Kier molecular flexibility index (Phi) is 4.61. The highest BCUT2D eigenvalue weighted by molar-refractivity contribution is 6.43. The van der Waals surface area contributed by atoms with Crippen molar-refractivity contribution in [2.45, 2.75) is 0 Å². The molecule has 0 fully saturated rings. The molecule has 0 amide bonds. The van der Waals surface area contributed by atoms with Crippen LogP contribution in [0.25, 0.3) is 10.4 Å². The fourth-order valence-corrected chi connectivity index (χ4v) is 1.41. The lowest BCUT2D eigenvalue weighted by molar-refractivity contribution is 1.25. The van der Waals surface area contributed by atoms with Crippen molar-refractivity contribution in [1.82, 2.24) is 0 Å². The summed E-state index contributed by atoms with van der Waals surface area (Å²) in [7, 11) is 0. The van der Waals surface area contributed by atoms with Gasteiger partial charge in [0, 0.05) is 10.5 Å². The van der Waals surface area contributed by atoms with Gasteiger partial charge in [0.15, 0.2) is 0 Å². The maximum atomic E-state index is 8.02. The summed E-state index contributed by atoms with van der Waals surface area (Å²) in [6.45, 7) is 0.0904. The van der Waals surface area contributed by atoms with Crippen LogP contribution >= 0.6 is 34.8 Å². The van der Waals surface area contributed by atoms with E-state index in [0.717, 1.165) is 0 Å². The van der Waals surface area contributed by atoms with E-state index in [1.807, 2.05) is 0 Å².